The van der Waals surface area contributed by atoms with E-state index in [2.05, 4.69) is 9.98 Å². The monoisotopic (exact) mass is 256 g/mol. The molecule has 94 valence electrons. The maximum Gasteiger partial charge on any atom is 0.349 e. The summed E-state index contributed by atoms with van der Waals surface area (Å²) in [5.41, 5.74) is 1.13. The quantitative estimate of drug-likeness (QED) is 0.598. The first-order valence-corrected chi connectivity index (χ1v) is 5.53. The molecule has 0 unspecified atom stereocenters. The van der Waals surface area contributed by atoms with Gasteiger partial charge in [-0.1, -0.05) is 0 Å². The Morgan fingerprint density at radius 2 is 1.95 bits per heavy atom. The van der Waals surface area contributed by atoms with E-state index in [0.29, 0.717) is 18.1 Å². The summed E-state index contributed by atoms with van der Waals surface area (Å²) in [7, 11) is 0. The maximum atomic E-state index is 11.5. The van der Waals surface area contributed by atoms with Gasteiger partial charge in [-0.3, -0.25) is 14.7 Å². The molecule has 0 saturated heterocycles. The standard InChI is InChI=1S/C12H8N4O3/c17-12-13-6-5-11-14-10(7-15(11)12)8-1-3-9(4-2-8)16(18)19/h1-6H,7H2. The van der Waals surface area contributed by atoms with Crippen LogP contribution in [0.2, 0.25) is 0 Å². The van der Waals surface area contributed by atoms with Crippen molar-refractivity contribution in [1.82, 2.24) is 9.55 Å². The van der Waals surface area contributed by atoms with Crippen molar-refractivity contribution < 1.29 is 4.92 Å². The van der Waals surface area contributed by atoms with Crippen LogP contribution < -0.4 is 5.69 Å². The predicted molar refractivity (Wildman–Crippen MR) is 67.8 cm³/mol. The molecule has 2 heterocycles. The molecule has 19 heavy (non-hydrogen) atoms. The molecule has 7 heteroatoms. The Bertz CT molecular complexity index is 746. The molecule has 2 aromatic rings. The van der Waals surface area contributed by atoms with Crippen LogP contribution in [-0.2, 0) is 6.54 Å². The minimum Gasteiger partial charge on any atom is -0.270 e. The summed E-state index contributed by atoms with van der Waals surface area (Å²) in [6.45, 7) is 0.333. The Morgan fingerprint density at radius 3 is 2.58 bits per heavy atom. The fourth-order valence-corrected chi connectivity index (χ4v) is 1.93. The molecule has 0 saturated carbocycles. The van der Waals surface area contributed by atoms with Crippen LogP contribution in [0.15, 0.2) is 46.3 Å². The van der Waals surface area contributed by atoms with Crippen molar-refractivity contribution in [2.24, 2.45) is 4.99 Å². The maximum absolute atomic E-state index is 11.5. The number of aromatic nitrogens is 2. The van der Waals surface area contributed by atoms with Crippen LogP contribution in [-0.4, -0.2) is 20.2 Å². The molecule has 0 amide bonds. The fourth-order valence-electron chi connectivity index (χ4n) is 1.93. The van der Waals surface area contributed by atoms with Crippen LogP contribution in [0.25, 0.3) is 0 Å². The summed E-state index contributed by atoms with van der Waals surface area (Å²) in [4.78, 5) is 29.6. The first-order valence-electron chi connectivity index (χ1n) is 5.53. The minimum absolute atomic E-state index is 0.0266. The lowest BCUT2D eigenvalue weighted by atomic mass is 10.1. The summed E-state index contributed by atoms with van der Waals surface area (Å²) >= 11 is 0. The van der Waals surface area contributed by atoms with E-state index in [-0.39, 0.29) is 11.4 Å². The zero-order valence-corrected chi connectivity index (χ0v) is 9.68. The van der Waals surface area contributed by atoms with Gasteiger partial charge < -0.3 is 0 Å². The van der Waals surface area contributed by atoms with Gasteiger partial charge in [0.05, 0.1) is 17.2 Å². The second-order valence-electron chi connectivity index (χ2n) is 4.03. The molecular weight excluding hydrogens is 248 g/mol. The number of nitrogens with zero attached hydrogens (tertiary/aromatic N) is 4. The van der Waals surface area contributed by atoms with E-state index >= 15 is 0 Å². The number of rotatable bonds is 2. The zero-order chi connectivity index (χ0) is 13.4. The number of benzene rings is 1. The van der Waals surface area contributed by atoms with Gasteiger partial charge in [0.25, 0.3) is 5.69 Å². The zero-order valence-electron chi connectivity index (χ0n) is 9.68. The molecule has 3 rings (SSSR count). The SMILES string of the molecule is O=c1nccc2n1CC(c1ccc([N+](=O)[O-])cc1)=N2. The smallest absolute Gasteiger partial charge is 0.270 e. The second kappa shape index (κ2) is 4.13. The van der Waals surface area contributed by atoms with Crippen LogP contribution in [0.4, 0.5) is 11.5 Å². The van der Waals surface area contributed by atoms with Gasteiger partial charge in [-0.15, -0.1) is 0 Å². The lowest BCUT2D eigenvalue weighted by Gasteiger charge is -2.00. The van der Waals surface area contributed by atoms with Crippen molar-refractivity contribution in [3.63, 3.8) is 0 Å². The molecule has 0 atom stereocenters. The van der Waals surface area contributed by atoms with Crippen LogP contribution in [0.1, 0.15) is 5.56 Å². The van der Waals surface area contributed by atoms with Crippen LogP contribution in [0, 0.1) is 10.1 Å². The molecule has 1 aromatic heterocycles. The first-order chi connectivity index (χ1) is 9.15. The predicted octanol–water partition coefficient (Wildman–Crippen LogP) is 1.29. The third-order valence-electron chi connectivity index (χ3n) is 2.88. The number of nitro benzene ring substituents is 1. The van der Waals surface area contributed by atoms with E-state index in [1.54, 1.807) is 18.2 Å². The van der Waals surface area contributed by atoms with E-state index in [1.165, 1.54) is 22.9 Å². The first kappa shape index (κ1) is 11.3. The molecule has 0 bridgehead atoms. The molecule has 0 fully saturated rings. The van der Waals surface area contributed by atoms with Crippen molar-refractivity contribution in [3.05, 3.63) is 62.7 Å². The number of non-ortho nitro benzene ring substituents is 1. The molecule has 1 aromatic carbocycles. The molecular formula is C12H8N4O3. The highest BCUT2D eigenvalue weighted by Gasteiger charge is 2.17. The highest BCUT2D eigenvalue weighted by molar-refractivity contribution is 6.03. The van der Waals surface area contributed by atoms with Gasteiger partial charge in [0.15, 0.2) is 0 Å². The highest BCUT2D eigenvalue weighted by Crippen LogP contribution is 2.21. The lowest BCUT2D eigenvalue weighted by molar-refractivity contribution is -0.384. The fraction of sp³-hybridized carbons (Fsp3) is 0.0833. The van der Waals surface area contributed by atoms with Crippen molar-refractivity contribution in [3.8, 4) is 0 Å². The number of fused-ring (bicyclic) bond motifs is 1. The lowest BCUT2D eigenvalue weighted by Crippen LogP contribution is -2.22. The van der Waals surface area contributed by atoms with Crippen molar-refractivity contribution >= 4 is 17.2 Å². The van der Waals surface area contributed by atoms with Crippen molar-refractivity contribution in [1.29, 1.82) is 0 Å². The van der Waals surface area contributed by atoms with Crippen LogP contribution >= 0.6 is 0 Å². The van der Waals surface area contributed by atoms with Gasteiger partial charge in [-0.2, -0.15) is 0 Å². The summed E-state index contributed by atoms with van der Waals surface area (Å²) < 4.78 is 1.46. The van der Waals surface area contributed by atoms with Crippen LogP contribution in [0.5, 0.6) is 0 Å². The number of aliphatic imine (C=N–C) groups is 1. The number of hydrogen-bond donors (Lipinski definition) is 0. The Morgan fingerprint density at radius 1 is 1.21 bits per heavy atom. The largest absolute Gasteiger partial charge is 0.349 e. The summed E-state index contributed by atoms with van der Waals surface area (Å²) in [5.74, 6) is 0.549. The minimum atomic E-state index is -0.455. The Hall–Kier alpha value is -2.83. The van der Waals surface area contributed by atoms with Gasteiger partial charge in [0.2, 0.25) is 0 Å². The molecule has 1 aliphatic heterocycles. The number of nitro groups is 1. The van der Waals surface area contributed by atoms with E-state index in [0.717, 1.165) is 5.56 Å². The Kier molecular flexibility index (Phi) is 2.45. The van der Waals surface area contributed by atoms with Gasteiger partial charge in [0, 0.05) is 18.3 Å². The Balaban J connectivity index is 1.96. The van der Waals surface area contributed by atoms with Gasteiger partial charge in [-0.05, 0) is 23.8 Å². The molecule has 1 aliphatic rings. The molecule has 0 spiro atoms. The third kappa shape index (κ3) is 1.90. The molecule has 0 N–H and O–H groups in total. The highest BCUT2D eigenvalue weighted by atomic mass is 16.6. The topological polar surface area (TPSA) is 90.4 Å². The van der Waals surface area contributed by atoms with E-state index in [4.69, 9.17) is 0 Å². The summed E-state index contributed by atoms with van der Waals surface area (Å²) in [5, 5.41) is 10.6. The molecule has 7 nitrogen and oxygen atoms in total. The molecule has 0 aliphatic carbocycles. The van der Waals surface area contributed by atoms with Gasteiger partial charge in [-0.25, -0.2) is 14.8 Å². The van der Waals surface area contributed by atoms with Crippen LogP contribution in [0.3, 0.4) is 0 Å². The van der Waals surface area contributed by atoms with E-state index < -0.39 is 4.92 Å². The summed E-state index contributed by atoms with van der Waals surface area (Å²) in [6.07, 6.45) is 1.41. The Labute approximate surface area is 107 Å². The van der Waals surface area contributed by atoms with Crippen molar-refractivity contribution in [2.45, 2.75) is 6.54 Å². The van der Waals surface area contributed by atoms with E-state index in [1.807, 2.05) is 0 Å². The summed E-state index contributed by atoms with van der Waals surface area (Å²) in [6, 6.07) is 7.74. The third-order valence-corrected chi connectivity index (χ3v) is 2.88. The van der Waals surface area contributed by atoms with E-state index in [9.17, 15) is 14.9 Å². The van der Waals surface area contributed by atoms with Crippen molar-refractivity contribution in [2.75, 3.05) is 0 Å². The average Bonchev–Trinajstić information content (AvgIpc) is 2.84. The normalized spacial score (nSPS) is 12.9. The number of hydrogen-bond acceptors (Lipinski definition) is 5. The average molecular weight is 256 g/mol. The second-order valence-corrected chi connectivity index (χ2v) is 4.03. The van der Waals surface area contributed by atoms with Gasteiger partial charge >= 0.3 is 5.69 Å². The molecule has 0 radical (unpaired) electrons. The van der Waals surface area contributed by atoms with Gasteiger partial charge in [0.1, 0.15) is 5.82 Å².